The number of benzene rings is 2. The van der Waals surface area contributed by atoms with Gasteiger partial charge in [0.15, 0.2) is 0 Å². The maximum absolute atomic E-state index is 12.7. The maximum atomic E-state index is 12.7. The number of hydrogen-bond acceptors (Lipinski definition) is 3. The fourth-order valence-corrected chi connectivity index (χ4v) is 2.81. The predicted molar refractivity (Wildman–Crippen MR) is 104 cm³/mol. The maximum Gasteiger partial charge on any atom is 0.253 e. The van der Waals surface area contributed by atoms with Crippen molar-refractivity contribution in [1.82, 2.24) is 20.2 Å². The Morgan fingerprint density at radius 3 is 2.56 bits per heavy atom. The molecule has 0 bridgehead atoms. The number of nitrogens with zero attached hydrogens (tertiary/aromatic N) is 2. The number of halogens is 1. The number of para-hydroxylation sites is 1. The molecule has 0 aliphatic heterocycles. The molecule has 1 heterocycles. The summed E-state index contributed by atoms with van der Waals surface area (Å²) in [6, 6.07) is 14.7. The van der Waals surface area contributed by atoms with Crippen molar-refractivity contribution in [2.45, 2.75) is 20.0 Å². The first kappa shape index (κ1) is 18.7. The molecule has 7 heteroatoms. The molecule has 6 nitrogen and oxygen atoms in total. The van der Waals surface area contributed by atoms with E-state index in [0.29, 0.717) is 35.1 Å². The number of carbonyl (C=O) groups is 2. The highest BCUT2D eigenvalue weighted by Crippen LogP contribution is 2.17. The second-order valence-electron chi connectivity index (χ2n) is 5.97. The van der Waals surface area contributed by atoms with Gasteiger partial charge in [-0.3, -0.25) is 9.59 Å². The zero-order chi connectivity index (χ0) is 19.2. The average Bonchev–Trinajstić information content (AvgIpc) is 3.14. The van der Waals surface area contributed by atoms with Gasteiger partial charge in [-0.15, -0.1) is 0 Å². The van der Waals surface area contributed by atoms with Crippen LogP contribution in [0.1, 0.15) is 28.5 Å². The normalized spacial score (nSPS) is 10.4. The largest absolute Gasteiger partial charge is 0.351 e. The van der Waals surface area contributed by atoms with Crippen molar-refractivity contribution in [2.75, 3.05) is 0 Å². The molecule has 0 saturated carbocycles. The number of aromatic nitrogens is 2. The van der Waals surface area contributed by atoms with Crippen LogP contribution in [0.2, 0.25) is 5.02 Å². The number of amides is 2. The van der Waals surface area contributed by atoms with E-state index >= 15 is 0 Å². The first-order valence-corrected chi connectivity index (χ1v) is 8.80. The molecule has 2 aromatic carbocycles. The van der Waals surface area contributed by atoms with Gasteiger partial charge in [0.1, 0.15) is 0 Å². The molecule has 3 aromatic rings. The van der Waals surface area contributed by atoms with Crippen molar-refractivity contribution in [3.8, 4) is 5.69 Å². The van der Waals surface area contributed by atoms with Crippen LogP contribution in [0.5, 0.6) is 0 Å². The minimum atomic E-state index is -0.206. The Labute approximate surface area is 162 Å². The van der Waals surface area contributed by atoms with Crippen molar-refractivity contribution >= 4 is 23.4 Å². The summed E-state index contributed by atoms with van der Waals surface area (Å²) in [7, 11) is 0. The Balaban J connectivity index is 1.76. The molecule has 0 unspecified atom stereocenters. The zero-order valence-electron chi connectivity index (χ0n) is 14.8. The van der Waals surface area contributed by atoms with Gasteiger partial charge < -0.3 is 15.2 Å². The SMILES string of the molecule is CC(=O)NCc1cn(-c2ccccc2C(=O)NCc2ccccc2Cl)cn1. The quantitative estimate of drug-likeness (QED) is 0.687. The molecule has 0 spiro atoms. The van der Waals surface area contributed by atoms with E-state index < -0.39 is 0 Å². The van der Waals surface area contributed by atoms with Crippen molar-refractivity contribution in [3.63, 3.8) is 0 Å². The Hall–Kier alpha value is -3.12. The summed E-state index contributed by atoms with van der Waals surface area (Å²) in [5.41, 5.74) is 2.78. The predicted octanol–water partition coefficient (Wildman–Crippen LogP) is 3.09. The van der Waals surface area contributed by atoms with E-state index in [2.05, 4.69) is 15.6 Å². The topological polar surface area (TPSA) is 76.0 Å². The summed E-state index contributed by atoms with van der Waals surface area (Å²) in [5.74, 6) is -0.327. The Morgan fingerprint density at radius 1 is 1.04 bits per heavy atom. The summed E-state index contributed by atoms with van der Waals surface area (Å²) >= 11 is 6.14. The monoisotopic (exact) mass is 382 g/mol. The molecule has 0 fully saturated rings. The van der Waals surface area contributed by atoms with Crippen LogP contribution in [0.25, 0.3) is 5.69 Å². The van der Waals surface area contributed by atoms with Crippen LogP contribution in [0.15, 0.2) is 61.1 Å². The van der Waals surface area contributed by atoms with Gasteiger partial charge in [-0.25, -0.2) is 4.98 Å². The Morgan fingerprint density at radius 2 is 1.78 bits per heavy atom. The lowest BCUT2D eigenvalue weighted by Gasteiger charge is -2.11. The van der Waals surface area contributed by atoms with Gasteiger partial charge in [-0.1, -0.05) is 41.9 Å². The van der Waals surface area contributed by atoms with Crippen LogP contribution < -0.4 is 10.6 Å². The van der Waals surface area contributed by atoms with Crippen molar-refractivity contribution in [3.05, 3.63) is 82.9 Å². The molecule has 2 N–H and O–H groups in total. The number of imidazole rings is 1. The fraction of sp³-hybridized carbons (Fsp3) is 0.150. The Bertz CT molecular complexity index is 968. The lowest BCUT2D eigenvalue weighted by atomic mass is 10.1. The van der Waals surface area contributed by atoms with Crippen molar-refractivity contribution in [1.29, 1.82) is 0 Å². The first-order valence-electron chi connectivity index (χ1n) is 8.43. The van der Waals surface area contributed by atoms with Gasteiger partial charge in [0.05, 0.1) is 29.8 Å². The number of carbonyl (C=O) groups excluding carboxylic acids is 2. The molecular weight excluding hydrogens is 364 g/mol. The highest BCUT2D eigenvalue weighted by molar-refractivity contribution is 6.31. The molecule has 2 amide bonds. The van der Waals surface area contributed by atoms with E-state index in [1.807, 2.05) is 36.4 Å². The molecule has 0 radical (unpaired) electrons. The summed E-state index contributed by atoms with van der Waals surface area (Å²) in [6.07, 6.45) is 3.41. The van der Waals surface area contributed by atoms with Crippen molar-refractivity contribution in [2.24, 2.45) is 0 Å². The second kappa shape index (κ2) is 8.51. The number of hydrogen-bond donors (Lipinski definition) is 2. The molecule has 3 rings (SSSR count). The van der Waals surface area contributed by atoms with E-state index in [1.54, 1.807) is 29.2 Å². The van der Waals surface area contributed by atoms with Crippen LogP contribution >= 0.6 is 11.6 Å². The summed E-state index contributed by atoms with van der Waals surface area (Å²) in [6.45, 7) is 2.13. The molecule has 1 aromatic heterocycles. The highest BCUT2D eigenvalue weighted by atomic mass is 35.5. The minimum Gasteiger partial charge on any atom is -0.351 e. The highest BCUT2D eigenvalue weighted by Gasteiger charge is 2.13. The van der Waals surface area contributed by atoms with E-state index in [-0.39, 0.29) is 11.8 Å². The van der Waals surface area contributed by atoms with E-state index in [9.17, 15) is 9.59 Å². The molecule has 27 heavy (non-hydrogen) atoms. The zero-order valence-corrected chi connectivity index (χ0v) is 15.5. The molecule has 0 atom stereocenters. The average molecular weight is 383 g/mol. The van der Waals surface area contributed by atoms with E-state index in [1.165, 1.54) is 6.92 Å². The lowest BCUT2D eigenvalue weighted by molar-refractivity contribution is -0.119. The van der Waals surface area contributed by atoms with Crippen LogP contribution in [0, 0.1) is 0 Å². The van der Waals surface area contributed by atoms with Crippen LogP contribution in [-0.4, -0.2) is 21.4 Å². The summed E-state index contributed by atoms with van der Waals surface area (Å²) < 4.78 is 1.77. The number of rotatable bonds is 6. The third-order valence-corrected chi connectivity index (χ3v) is 4.35. The fourth-order valence-electron chi connectivity index (χ4n) is 2.60. The summed E-state index contributed by atoms with van der Waals surface area (Å²) in [5, 5.41) is 6.21. The Kier molecular flexibility index (Phi) is 5.88. The second-order valence-corrected chi connectivity index (χ2v) is 6.38. The van der Waals surface area contributed by atoms with Gasteiger partial charge in [0, 0.05) is 24.7 Å². The molecular formula is C20H19ClN4O2. The third kappa shape index (κ3) is 4.74. The van der Waals surface area contributed by atoms with Gasteiger partial charge in [-0.05, 0) is 23.8 Å². The first-order chi connectivity index (χ1) is 13.0. The van der Waals surface area contributed by atoms with E-state index in [0.717, 1.165) is 5.56 Å². The van der Waals surface area contributed by atoms with Gasteiger partial charge in [0.25, 0.3) is 5.91 Å². The van der Waals surface area contributed by atoms with Crippen LogP contribution in [-0.2, 0) is 17.9 Å². The minimum absolute atomic E-state index is 0.121. The van der Waals surface area contributed by atoms with Gasteiger partial charge >= 0.3 is 0 Å². The van der Waals surface area contributed by atoms with E-state index in [4.69, 9.17) is 11.6 Å². The standard InChI is InChI=1S/C20H19ClN4O2/c1-14(26)22-11-16-12-25(13-24-16)19-9-5-3-7-17(19)20(27)23-10-15-6-2-4-8-18(15)21/h2-9,12-13H,10-11H2,1H3,(H,22,26)(H,23,27). The van der Waals surface area contributed by atoms with Gasteiger partial charge in [-0.2, -0.15) is 0 Å². The number of nitrogens with one attached hydrogen (secondary N) is 2. The van der Waals surface area contributed by atoms with Crippen LogP contribution in [0.3, 0.4) is 0 Å². The van der Waals surface area contributed by atoms with Crippen LogP contribution in [0.4, 0.5) is 0 Å². The summed E-state index contributed by atoms with van der Waals surface area (Å²) in [4.78, 5) is 28.0. The molecule has 0 aliphatic carbocycles. The lowest BCUT2D eigenvalue weighted by Crippen LogP contribution is -2.24. The third-order valence-electron chi connectivity index (χ3n) is 3.98. The van der Waals surface area contributed by atoms with Gasteiger partial charge in [0.2, 0.25) is 5.91 Å². The molecule has 0 saturated heterocycles. The molecule has 138 valence electrons. The van der Waals surface area contributed by atoms with Crippen molar-refractivity contribution < 1.29 is 9.59 Å². The smallest absolute Gasteiger partial charge is 0.253 e. The molecule has 0 aliphatic rings.